The molecule has 1 saturated heterocycles. The molecule has 170 valence electrons. The van der Waals surface area contributed by atoms with E-state index in [1.165, 1.54) is 14.2 Å². The van der Waals surface area contributed by atoms with Gasteiger partial charge >= 0.3 is 0 Å². The molecule has 0 spiro atoms. The van der Waals surface area contributed by atoms with E-state index in [9.17, 15) is 9.59 Å². The molecular formula is C27H28N2O4. The highest BCUT2D eigenvalue weighted by Gasteiger charge is 2.27. The molecular weight excluding hydrogens is 416 g/mol. The Labute approximate surface area is 194 Å². The maximum Gasteiger partial charge on any atom is 0.261 e. The summed E-state index contributed by atoms with van der Waals surface area (Å²) in [4.78, 5) is 30.0. The van der Waals surface area contributed by atoms with Gasteiger partial charge in [-0.1, -0.05) is 48.5 Å². The monoisotopic (exact) mass is 444 g/mol. The Balaban J connectivity index is 1.45. The summed E-state index contributed by atoms with van der Waals surface area (Å²) in [6.07, 6.45) is 0.705. The van der Waals surface area contributed by atoms with Crippen LogP contribution in [0.15, 0.2) is 72.8 Å². The summed E-state index contributed by atoms with van der Waals surface area (Å²) < 4.78 is 10.8. The molecule has 0 aliphatic carbocycles. The Bertz CT molecular complexity index is 1090. The quantitative estimate of drug-likeness (QED) is 0.587. The second-order valence-electron chi connectivity index (χ2n) is 7.92. The summed E-state index contributed by atoms with van der Waals surface area (Å²) in [5, 5.41) is 0. The minimum atomic E-state index is -0.147. The second-order valence-corrected chi connectivity index (χ2v) is 7.92. The molecule has 6 heteroatoms. The Morgan fingerprint density at radius 2 is 1.18 bits per heavy atom. The molecule has 1 aliphatic heterocycles. The molecule has 6 nitrogen and oxygen atoms in total. The predicted octanol–water partition coefficient (Wildman–Crippen LogP) is 4.36. The van der Waals surface area contributed by atoms with Crippen molar-refractivity contribution in [3.63, 3.8) is 0 Å². The van der Waals surface area contributed by atoms with Crippen LogP contribution in [0.3, 0.4) is 0 Å². The molecule has 1 fully saturated rings. The summed E-state index contributed by atoms with van der Waals surface area (Å²) >= 11 is 0. The number of carbonyl (C=O) groups excluding carboxylic acids is 2. The Hall–Kier alpha value is -3.80. The van der Waals surface area contributed by atoms with Gasteiger partial charge in [-0.2, -0.15) is 0 Å². The topological polar surface area (TPSA) is 59.1 Å². The molecule has 1 heterocycles. The molecule has 0 atom stereocenters. The van der Waals surface area contributed by atoms with Gasteiger partial charge in [0.25, 0.3) is 11.8 Å². The summed E-state index contributed by atoms with van der Waals surface area (Å²) in [5.41, 5.74) is 3.26. The van der Waals surface area contributed by atoms with E-state index < -0.39 is 0 Å². The number of carbonyl (C=O) groups is 2. The highest BCUT2D eigenvalue weighted by Crippen LogP contribution is 2.30. The van der Waals surface area contributed by atoms with Crippen LogP contribution in [0.5, 0.6) is 11.5 Å². The number of amides is 2. The molecule has 3 aromatic rings. The van der Waals surface area contributed by atoms with Crippen LogP contribution in [0.25, 0.3) is 11.1 Å². The molecule has 1 aliphatic rings. The lowest BCUT2D eigenvalue weighted by Crippen LogP contribution is -2.37. The largest absolute Gasteiger partial charge is 0.496 e. The third-order valence-electron chi connectivity index (χ3n) is 5.95. The van der Waals surface area contributed by atoms with E-state index in [1.54, 1.807) is 23.1 Å². The number of hydrogen-bond donors (Lipinski definition) is 0. The van der Waals surface area contributed by atoms with Gasteiger partial charge in [-0.25, -0.2) is 0 Å². The number of rotatable bonds is 5. The van der Waals surface area contributed by atoms with Crippen LogP contribution in [-0.2, 0) is 0 Å². The third kappa shape index (κ3) is 4.85. The Morgan fingerprint density at radius 3 is 1.76 bits per heavy atom. The molecule has 0 N–H and O–H groups in total. The number of hydrogen-bond acceptors (Lipinski definition) is 4. The first kappa shape index (κ1) is 22.4. The first-order valence-corrected chi connectivity index (χ1v) is 11.1. The fourth-order valence-corrected chi connectivity index (χ4v) is 4.16. The minimum absolute atomic E-state index is 0.0150. The molecule has 3 aromatic carbocycles. The second kappa shape index (κ2) is 10.2. The Kier molecular flexibility index (Phi) is 6.93. The van der Waals surface area contributed by atoms with E-state index in [0.29, 0.717) is 55.2 Å². The molecule has 0 aromatic heterocycles. The van der Waals surface area contributed by atoms with Gasteiger partial charge in [0.1, 0.15) is 17.1 Å². The zero-order chi connectivity index (χ0) is 23.2. The van der Waals surface area contributed by atoms with Crippen LogP contribution in [0, 0.1) is 0 Å². The van der Waals surface area contributed by atoms with Crippen molar-refractivity contribution in [1.29, 1.82) is 0 Å². The average Bonchev–Trinajstić information content (AvgIpc) is 3.14. The molecule has 0 bridgehead atoms. The normalized spacial score (nSPS) is 13.9. The average molecular weight is 445 g/mol. The summed E-state index contributed by atoms with van der Waals surface area (Å²) in [7, 11) is 3.08. The van der Waals surface area contributed by atoms with E-state index in [0.717, 1.165) is 11.1 Å². The van der Waals surface area contributed by atoms with Gasteiger partial charge in [0.05, 0.1) is 14.2 Å². The van der Waals surface area contributed by atoms with Crippen molar-refractivity contribution in [2.45, 2.75) is 6.42 Å². The van der Waals surface area contributed by atoms with Gasteiger partial charge in [0.15, 0.2) is 0 Å². The number of benzene rings is 3. The molecule has 4 rings (SSSR count). The van der Waals surface area contributed by atoms with Gasteiger partial charge in [-0.05, 0) is 41.8 Å². The molecule has 33 heavy (non-hydrogen) atoms. The number of ether oxygens (including phenoxy) is 2. The molecule has 0 unspecified atom stereocenters. The summed E-state index contributed by atoms with van der Waals surface area (Å²) in [5.74, 6) is 0.801. The maximum absolute atomic E-state index is 13.3. The van der Waals surface area contributed by atoms with Crippen molar-refractivity contribution in [3.05, 3.63) is 83.9 Å². The lowest BCUT2D eigenvalue weighted by atomic mass is 10.0. The number of methoxy groups -OCH3 is 2. The van der Waals surface area contributed by atoms with Gasteiger partial charge in [0.2, 0.25) is 0 Å². The van der Waals surface area contributed by atoms with Crippen LogP contribution in [0.2, 0.25) is 0 Å². The van der Waals surface area contributed by atoms with E-state index >= 15 is 0 Å². The van der Waals surface area contributed by atoms with Crippen molar-refractivity contribution >= 4 is 11.8 Å². The van der Waals surface area contributed by atoms with E-state index in [-0.39, 0.29) is 11.8 Å². The van der Waals surface area contributed by atoms with Crippen LogP contribution in [0.1, 0.15) is 27.1 Å². The predicted molar refractivity (Wildman–Crippen MR) is 128 cm³/mol. The first-order chi connectivity index (χ1) is 16.1. The standard InChI is InChI=1S/C27H28N2O4/c1-32-23-10-6-11-24(33-2)25(23)27(31)29-17-7-16-28(18-19-29)26(30)22-14-12-21(13-15-22)20-8-4-3-5-9-20/h3-6,8-15H,7,16-19H2,1-2H3. The first-order valence-electron chi connectivity index (χ1n) is 11.1. The molecule has 0 saturated carbocycles. The number of nitrogens with zero attached hydrogens (tertiary/aromatic N) is 2. The van der Waals surface area contributed by atoms with Gasteiger partial charge in [-0.3, -0.25) is 9.59 Å². The van der Waals surface area contributed by atoms with Crippen LogP contribution >= 0.6 is 0 Å². The van der Waals surface area contributed by atoms with E-state index in [2.05, 4.69) is 0 Å². The van der Waals surface area contributed by atoms with Gasteiger partial charge in [0, 0.05) is 31.7 Å². The van der Waals surface area contributed by atoms with Gasteiger partial charge in [-0.15, -0.1) is 0 Å². The maximum atomic E-state index is 13.3. The lowest BCUT2D eigenvalue weighted by Gasteiger charge is -2.23. The van der Waals surface area contributed by atoms with Crippen molar-refractivity contribution in [3.8, 4) is 22.6 Å². The van der Waals surface area contributed by atoms with Gasteiger partial charge < -0.3 is 19.3 Å². The lowest BCUT2D eigenvalue weighted by molar-refractivity contribution is 0.0715. The SMILES string of the molecule is COc1cccc(OC)c1C(=O)N1CCCN(C(=O)c2ccc(-c3ccccc3)cc2)CC1. The van der Waals surface area contributed by atoms with Crippen molar-refractivity contribution in [2.75, 3.05) is 40.4 Å². The highest BCUT2D eigenvalue weighted by atomic mass is 16.5. The summed E-state index contributed by atoms with van der Waals surface area (Å²) in [6, 6.07) is 23.1. The zero-order valence-electron chi connectivity index (χ0n) is 19.0. The van der Waals surface area contributed by atoms with Crippen molar-refractivity contribution < 1.29 is 19.1 Å². The Morgan fingerprint density at radius 1 is 0.636 bits per heavy atom. The fraction of sp³-hybridized carbons (Fsp3) is 0.259. The van der Waals surface area contributed by atoms with E-state index in [4.69, 9.17) is 9.47 Å². The smallest absolute Gasteiger partial charge is 0.261 e. The zero-order valence-corrected chi connectivity index (χ0v) is 19.0. The van der Waals surface area contributed by atoms with Crippen LogP contribution < -0.4 is 9.47 Å². The fourth-order valence-electron chi connectivity index (χ4n) is 4.16. The summed E-state index contributed by atoms with van der Waals surface area (Å²) in [6.45, 7) is 2.10. The van der Waals surface area contributed by atoms with Crippen LogP contribution in [-0.4, -0.2) is 62.0 Å². The van der Waals surface area contributed by atoms with Crippen LogP contribution in [0.4, 0.5) is 0 Å². The highest BCUT2D eigenvalue weighted by molar-refractivity contribution is 6.00. The van der Waals surface area contributed by atoms with Crippen molar-refractivity contribution in [2.24, 2.45) is 0 Å². The third-order valence-corrected chi connectivity index (χ3v) is 5.95. The molecule has 0 radical (unpaired) electrons. The van der Waals surface area contributed by atoms with Crippen molar-refractivity contribution in [1.82, 2.24) is 9.80 Å². The minimum Gasteiger partial charge on any atom is -0.496 e. The van der Waals surface area contributed by atoms with E-state index in [1.807, 2.05) is 59.5 Å². The molecule has 2 amide bonds.